The Labute approximate surface area is 193 Å². The van der Waals surface area contributed by atoms with Gasteiger partial charge in [0.1, 0.15) is 16.8 Å². The molecule has 0 aliphatic heterocycles. The monoisotopic (exact) mass is 449 g/mol. The summed E-state index contributed by atoms with van der Waals surface area (Å²) < 4.78 is 7.58. The van der Waals surface area contributed by atoms with Crippen molar-refractivity contribution in [2.75, 3.05) is 0 Å². The van der Waals surface area contributed by atoms with Crippen LogP contribution in [0, 0.1) is 6.92 Å². The van der Waals surface area contributed by atoms with Crippen LogP contribution in [0.1, 0.15) is 69.3 Å². The van der Waals surface area contributed by atoms with E-state index in [1.165, 1.54) is 22.5 Å². The molecule has 4 rings (SSSR count). The molecular weight excluding hydrogens is 418 g/mol. The molecule has 0 fully saturated rings. The molecule has 0 saturated heterocycles. The van der Waals surface area contributed by atoms with Gasteiger partial charge < -0.3 is 4.42 Å². The van der Waals surface area contributed by atoms with E-state index in [-0.39, 0.29) is 10.8 Å². The van der Waals surface area contributed by atoms with Gasteiger partial charge in [0, 0.05) is 12.0 Å². The maximum Gasteiger partial charge on any atom is 0.236 e. The van der Waals surface area contributed by atoms with Crippen LogP contribution in [-0.2, 0) is 18.4 Å². The lowest BCUT2D eigenvalue weighted by atomic mass is 9.91. The van der Waals surface area contributed by atoms with E-state index < -0.39 is 0 Å². The molecule has 0 aliphatic carbocycles. The zero-order chi connectivity index (χ0) is 23.0. The van der Waals surface area contributed by atoms with E-state index in [0.717, 1.165) is 33.5 Å². The number of benzene rings is 1. The van der Waals surface area contributed by atoms with Crippen molar-refractivity contribution in [3.63, 3.8) is 0 Å². The summed E-state index contributed by atoms with van der Waals surface area (Å²) in [6.07, 6.45) is 5.17. The van der Waals surface area contributed by atoms with Crippen LogP contribution < -0.4 is 5.43 Å². The molecule has 0 radical (unpaired) electrons. The lowest BCUT2D eigenvalue weighted by Gasteiger charge is -2.20. The molecule has 0 spiro atoms. The van der Waals surface area contributed by atoms with E-state index in [0.29, 0.717) is 24.0 Å². The average molecular weight is 450 g/mol. The van der Waals surface area contributed by atoms with Gasteiger partial charge in [-0.2, -0.15) is 5.10 Å². The van der Waals surface area contributed by atoms with Crippen LogP contribution in [-0.4, -0.2) is 14.8 Å². The van der Waals surface area contributed by atoms with Gasteiger partial charge in [0.2, 0.25) is 11.3 Å². The molecule has 5 nitrogen and oxygen atoms in total. The van der Waals surface area contributed by atoms with E-state index in [2.05, 4.69) is 43.1 Å². The summed E-state index contributed by atoms with van der Waals surface area (Å²) >= 11 is 1.54. The molecule has 6 heteroatoms. The zero-order valence-corrected chi connectivity index (χ0v) is 20.5. The second-order valence-electron chi connectivity index (χ2n) is 9.48. The lowest BCUT2D eigenvalue weighted by molar-refractivity contribution is 0.516. The largest absolute Gasteiger partial charge is 0.444 e. The summed E-state index contributed by atoms with van der Waals surface area (Å²) in [5.41, 5.74) is 3.91. The molecule has 1 aromatic carbocycles. The summed E-state index contributed by atoms with van der Waals surface area (Å²) in [5, 5.41) is 5.62. The van der Waals surface area contributed by atoms with E-state index in [1.807, 2.05) is 32.4 Å². The van der Waals surface area contributed by atoms with Gasteiger partial charge in [-0.3, -0.25) is 9.48 Å². The summed E-state index contributed by atoms with van der Waals surface area (Å²) in [5.74, 6) is 1.06. The number of hydrogen-bond acceptors (Lipinski definition) is 5. The van der Waals surface area contributed by atoms with Crippen LogP contribution in [0.3, 0.4) is 0 Å². The first-order valence-electron chi connectivity index (χ1n) is 11.2. The van der Waals surface area contributed by atoms with Crippen molar-refractivity contribution in [2.24, 2.45) is 0 Å². The summed E-state index contributed by atoms with van der Waals surface area (Å²) in [6, 6.07) is 8.66. The first-order valence-corrected chi connectivity index (χ1v) is 12.1. The van der Waals surface area contributed by atoms with Gasteiger partial charge >= 0.3 is 0 Å². The quantitative estimate of drug-likeness (QED) is 0.338. The minimum absolute atomic E-state index is 0.00955. The van der Waals surface area contributed by atoms with Gasteiger partial charge in [-0.05, 0) is 42.4 Å². The van der Waals surface area contributed by atoms with Crippen LogP contribution in [0.15, 0.2) is 45.9 Å². The Morgan fingerprint density at radius 2 is 1.97 bits per heavy atom. The summed E-state index contributed by atoms with van der Waals surface area (Å²) in [6.45, 7) is 13.3. The summed E-state index contributed by atoms with van der Waals surface area (Å²) in [4.78, 5) is 19.6. The Kier molecular flexibility index (Phi) is 6.08. The van der Waals surface area contributed by atoms with Crippen molar-refractivity contribution in [1.29, 1.82) is 0 Å². The van der Waals surface area contributed by atoms with Gasteiger partial charge in [-0.25, -0.2) is 4.98 Å². The summed E-state index contributed by atoms with van der Waals surface area (Å²) in [7, 11) is 0. The number of nitrogens with zero attached hydrogens (tertiary/aromatic N) is 3. The molecule has 4 aromatic rings. The Bertz CT molecular complexity index is 1290. The van der Waals surface area contributed by atoms with E-state index in [4.69, 9.17) is 9.52 Å². The van der Waals surface area contributed by atoms with E-state index in [1.54, 1.807) is 12.5 Å². The average Bonchev–Trinajstić information content (AvgIpc) is 3.40. The highest BCUT2D eigenvalue weighted by atomic mass is 32.1. The molecule has 0 aliphatic rings. The molecule has 168 valence electrons. The maximum absolute atomic E-state index is 13.5. The third kappa shape index (κ3) is 4.04. The van der Waals surface area contributed by atoms with Gasteiger partial charge in [-0.15, -0.1) is 11.3 Å². The van der Waals surface area contributed by atoms with Crippen LogP contribution in [0.4, 0.5) is 0 Å². The molecule has 3 aromatic heterocycles. The topological polar surface area (TPSA) is 60.9 Å². The van der Waals surface area contributed by atoms with Crippen LogP contribution >= 0.6 is 11.3 Å². The maximum atomic E-state index is 13.5. The molecule has 1 unspecified atom stereocenters. The molecular formula is C26H31N3O2S. The lowest BCUT2D eigenvalue weighted by Crippen LogP contribution is -2.28. The fourth-order valence-corrected chi connectivity index (χ4v) is 5.37. The number of thiophene rings is 1. The van der Waals surface area contributed by atoms with Crippen molar-refractivity contribution < 1.29 is 4.42 Å². The first kappa shape index (κ1) is 22.5. The van der Waals surface area contributed by atoms with Crippen LogP contribution in [0.2, 0.25) is 0 Å². The number of hydrogen-bond donors (Lipinski definition) is 0. The van der Waals surface area contributed by atoms with Crippen molar-refractivity contribution in [2.45, 2.75) is 72.3 Å². The molecule has 0 N–H and O–H groups in total. The predicted octanol–water partition coefficient (Wildman–Crippen LogP) is 6.48. The van der Waals surface area contributed by atoms with Crippen LogP contribution in [0.25, 0.3) is 21.0 Å². The molecule has 3 heterocycles. The predicted molar refractivity (Wildman–Crippen MR) is 132 cm³/mol. The highest BCUT2D eigenvalue weighted by Crippen LogP contribution is 2.36. The Morgan fingerprint density at radius 1 is 1.22 bits per heavy atom. The smallest absolute Gasteiger partial charge is 0.236 e. The van der Waals surface area contributed by atoms with Gasteiger partial charge in [0.15, 0.2) is 0 Å². The fraction of sp³-hybridized carbons (Fsp3) is 0.423. The van der Waals surface area contributed by atoms with Crippen molar-refractivity contribution >= 4 is 21.6 Å². The van der Waals surface area contributed by atoms with Gasteiger partial charge in [0.05, 0.1) is 16.5 Å². The molecule has 32 heavy (non-hydrogen) atoms. The number of rotatable bonds is 6. The van der Waals surface area contributed by atoms with Gasteiger partial charge in [-0.1, -0.05) is 58.9 Å². The third-order valence-corrected chi connectivity index (χ3v) is 7.45. The Morgan fingerprint density at radius 3 is 2.62 bits per heavy atom. The molecule has 0 saturated carbocycles. The van der Waals surface area contributed by atoms with Crippen molar-refractivity contribution in [1.82, 2.24) is 14.8 Å². The SMILES string of the molecule is CCC(C)c1ccccc1CCn1nc(C(C)(C)C)c(=O)c2c(C)c(-c3ncco3)sc21. The van der Waals surface area contributed by atoms with Crippen molar-refractivity contribution in [3.05, 3.63) is 69.3 Å². The first-order chi connectivity index (χ1) is 15.2. The minimum Gasteiger partial charge on any atom is -0.444 e. The molecule has 0 bridgehead atoms. The fourth-order valence-electron chi connectivity index (χ4n) is 4.15. The normalized spacial score (nSPS) is 13.1. The van der Waals surface area contributed by atoms with Gasteiger partial charge in [0.25, 0.3) is 0 Å². The third-order valence-electron chi connectivity index (χ3n) is 6.15. The van der Waals surface area contributed by atoms with Crippen molar-refractivity contribution in [3.8, 4) is 10.8 Å². The number of aryl methyl sites for hydroxylation is 3. The van der Waals surface area contributed by atoms with E-state index >= 15 is 0 Å². The molecule has 0 amide bonds. The highest BCUT2D eigenvalue weighted by molar-refractivity contribution is 7.22. The standard InChI is InChI=1S/C26H31N3O2S/c1-7-16(2)19-11-9-8-10-18(19)12-14-29-25-20(21(30)23(28-29)26(4,5)6)17(3)22(32-25)24-27-13-15-31-24/h8-11,13,15-16H,7,12,14H2,1-6H3. The number of oxazole rings is 1. The zero-order valence-electron chi connectivity index (χ0n) is 19.7. The number of aromatic nitrogens is 3. The Hall–Kier alpha value is -2.73. The molecule has 1 atom stereocenters. The van der Waals surface area contributed by atoms with Crippen LogP contribution in [0.5, 0.6) is 0 Å². The highest BCUT2D eigenvalue weighted by Gasteiger charge is 2.26. The second-order valence-corrected chi connectivity index (χ2v) is 10.5. The van der Waals surface area contributed by atoms with E-state index in [9.17, 15) is 4.79 Å². The number of fused-ring (bicyclic) bond motifs is 1. The second kappa shape index (κ2) is 8.66. The Balaban J connectivity index is 1.85. The minimum atomic E-state index is -0.348.